The predicted octanol–water partition coefficient (Wildman–Crippen LogP) is 3.97. The van der Waals surface area contributed by atoms with Crippen LogP contribution in [-0.4, -0.2) is 11.7 Å². The third-order valence-corrected chi connectivity index (χ3v) is 4.76. The van der Waals surface area contributed by atoms with Gasteiger partial charge in [0.25, 0.3) is 0 Å². The molecule has 1 fully saturated rings. The summed E-state index contributed by atoms with van der Waals surface area (Å²) in [6.07, 6.45) is 5.88. The average Bonchev–Trinajstić information content (AvgIpc) is 2.74. The summed E-state index contributed by atoms with van der Waals surface area (Å²) >= 11 is 0. The average molecular weight is 260 g/mol. The maximum atomic E-state index is 10.6. The Morgan fingerprint density at radius 1 is 1.21 bits per heavy atom. The Morgan fingerprint density at radius 3 is 2.68 bits per heavy atom. The first-order valence-electron chi connectivity index (χ1n) is 7.53. The molecule has 1 aliphatic heterocycles. The van der Waals surface area contributed by atoms with E-state index in [0.29, 0.717) is 5.92 Å². The van der Waals surface area contributed by atoms with Gasteiger partial charge in [0.15, 0.2) is 0 Å². The zero-order chi connectivity index (χ0) is 13.5. The third-order valence-electron chi connectivity index (χ3n) is 4.76. The fourth-order valence-electron chi connectivity index (χ4n) is 3.44. The lowest BCUT2D eigenvalue weighted by Gasteiger charge is -2.27. The van der Waals surface area contributed by atoms with Crippen LogP contribution in [0.25, 0.3) is 0 Å². The Bertz CT molecular complexity index is 458. The lowest BCUT2D eigenvalue weighted by Crippen LogP contribution is -2.19. The number of aliphatic hydroxyl groups is 1. The van der Waals surface area contributed by atoms with Crippen LogP contribution in [0.15, 0.2) is 18.2 Å². The lowest BCUT2D eigenvalue weighted by molar-refractivity contribution is 0.0847. The van der Waals surface area contributed by atoms with E-state index in [0.717, 1.165) is 30.8 Å². The summed E-state index contributed by atoms with van der Waals surface area (Å²) in [6.45, 7) is 5.15. The van der Waals surface area contributed by atoms with Gasteiger partial charge in [-0.05, 0) is 36.5 Å². The number of aliphatic hydroxyl groups excluding tert-OH is 1. The molecule has 1 aromatic rings. The minimum absolute atomic E-state index is 0.0671. The number of fused-ring (bicyclic) bond motifs is 1. The summed E-state index contributed by atoms with van der Waals surface area (Å²) < 4.78 is 5.71. The van der Waals surface area contributed by atoms with E-state index in [1.165, 1.54) is 24.8 Å². The van der Waals surface area contributed by atoms with Crippen molar-refractivity contribution in [3.05, 3.63) is 29.3 Å². The van der Waals surface area contributed by atoms with Crippen molar-refractivity contribution in [1.82, 2.24) is 0 Å². The van der Waals surface area contributed by atoms with E-state index >= 15 is 0 Å². The zero-order valence-corrected chi connectivity index (χ0v) is 12.0. The second-order valence-electron chi connectivity index (χ2n) is 6.77. The number of rotatable bonds is 2. The van der Waals surface area contributed by atoms with Gasteiger partial charge in [-0.15, -0.1) is 0 Å². The molecule has 2 aliphatic rings. The fourth-order valence-corrected chi connectivity index (χ4v) is 3.44. The second kappa shape index (κ2) is 4.82. The van der Waals surface area contributed by atoms with E-state index in [4.69, 9.17) is 4.74 Å². The molecular weight excluding hydrogens is 236 g/mol. The first-order valence-corrected chi connectivity index (χ1v) is 7.53. The molecule has 0 amide bonds. The van der Waals surface area contributed by atoms with Crippen LogP contribution in [0.4, 0.5) is 0 Å². The molecule has 2 heteroatoms. The Labute approximate surface area is 115 Å². The van der Waals surface area contributed by atoms with Gasteiger partial charge in [0.1, 0.15) is 5.75 Å². The van der Waals surface area contributed by atoms with Gasteiger partial charge >= 0.3 is 0 Å². The van der Waals surface area contributed by atoms with Crippen LogP contribution in [0, 0.1) is 5.92 Å². The molecule has 0 spiro atoms. The first-order chi connectivity index (χ1) is 9.08. The quantitative estimate of drug-likeness (QED) is 0.872. The number of ether oxygens (including phenoxy) is 1. The highest BCUT2D eigenvalue weighted by atomic mass is 16.5. The van der Waals surface area contributed by atoms with Crippen LogP contribution < -0.4 is 4.74 Å². The number of hydrogen-bond donors (Lipinski definition) is 1. The van der Waals surface area contributed by atoms with E-state index < -0.39 is 0 Å². The Balaban J connectivity index is 1.85. The molecule has 0 saturated heterocycles. The van der Waals surface area contributed by atoms with E-state index in [-0.39, 0.29) is 11.5 Å². The Kier molecular flexibility index (Phi) is 3.30. The van der Waals surface area contributed by atoms with Crippen molar-refractivity contribution in [3.63, 3.8) is 0 Å². The molecule has 104 valence electrons. The van der Waals surface area contributed by atoms with Crippen LogP contribution in [0.1, 0.15) is 63.2 Å². The summed E-state index contributed by atoms with van der Waals surface area (Å²) in [6, 6.07) is 6.24. The van der Waals surface area contributed by atoms with Crippen LogP contribution in [0.2, 0.25) is 0 Å². The molecule has 1 saturated carbocycles. The number of hydrogen-bond acceptors (Lipinski definition) is 2. The van der Waals surface area contributed by atoms with Gasteiger partial charge in [-0.25, -0.2) is 0 Å². The molecule has 0 radical (unpaired) electrons. The highest BCUT2D eigenvalue weighted by molar-refractivity contribution is 5.45. The van der Waals surface area contributed by atoms with Crippen LogP contribution in [-0.2, 0) is 5.41 Å². The molecule has 1 N–H and O–H groups in total. The summed E-state index contributed by atoms with van der Waals surface area (Å²) in [7, 11) is 0. The van der Waals surface area contributed by atoms with Crippen molar-refractivity contribution in [2.75, 3.05) is 6.61 Å². The lowest BCUT2D eigenvalue weighted by atomic mass is 9.80. The summed E-state index contributed by atoms with van der Waals surface area (Å²) in [4.78, 5) is 0. The molecule has 1 aromatic carbocycles. The summed E-state index contributed by atoms with van der Waals surface area (Å²) in [5.74, 6) is 1.43. The maximum absolute atomic E-state index is 10.6. The largest absolute Gasteiger partial charge is 0.492 e. The fraction of sp³-hybridized carbons (Fsp3) is 0.647. The van der Waals surface area contributed by atoms with Crippen molar-refractivity contribution in [1.29, 1.82) is 0 Å². The van der Waals surface area contributed by atoms with E-state index in [9.17, 15) is 5.11 Å². The predicted molar refractivity (Wildman–Crippen MR) is 76.5 cm³/mol. The van der Waals surface area contributed by atoms with Crippen LogP contribution >= 0.6 is 0 Å². The Hall–Kier alpha value is -1.02. The molecule has 0 bridgehead atoms. The molecule has 1 unspecified atom stereocenters. The van der Waals surface area contributed by atoms with E-state index in [1.807, 2.05) is 12.1 Å². The molecule has 1 heterocycles. The van der Waals surface area contributed by atoms with Gasteiger partial charge in [-0.3, -0.25) is 0 Å². The van der Waals surface area contributed by atoms with Gasteiger partial charge in [0.2, 0.25) is 0 Å². The van der Waals surface area contributed by atoms with Gasteiger partial charge in [-0.1, -0.05) is 39.2 Å². The smallest absolute Gasteiger partial charge is 0.123 e. The summed E-state index contributed by atoms with van der Waals surface area (Å²) in [5, 5.41) is 10.6. The molecule has 19 heavy (non-hydrogen) atoms. The van der Waals surface area contributed by atoms with Crippen molar-refractivity contribution in [2.45, 2.75) is 57.5 Å². The molecule has 3 rings (SSSR count). The zero-order valence-electron chi connectivity index (χ0n) is 12.0. The normalized spacial score (nSPS) is 23.7. The SMILES string of the molecule is CC1(C)COc2ccc(C(O)C3CCCCC3)cc21. The van der Waals surface area contributed by atoms with E-state index in [1.54, 1.807) is 0 Å². The maximum Gasteiger partial charge on any atom is 0.123 e. The van der Waals surface area contributed by atoms with Crippen LogP contribution in [0.5, 0.6) is 5.75 Å². The molecule has 0 aromatic heterocycles. The standard InChI is InChI=1S/C17H24O2/c1-17(2)11-19-15-9-8-13(10-14(15)17)16(18)12-6-4-3-5-7-12/h8-10,12,16,18H,3-7,11H2,1-2H3. The van der Waals surface area contributed by atoms with Gasteiger partial charge in [0.05, 0.1) is 12.7 Å². The minimum atomic E-state index is -0.304. The van der Waals surface area contributed by atoms with Crippen LogP contribution in [0.3, 0.4) is 0 Å². The van der Waals surface area contributed by atoms with Crippen molar-refractivity contribution in [2.24, 2.45) is 5.92 Å². The highest BCUT2D eigenvalue weighted by Gasteiger charge is 2.33. The van der Waals surface area contributed by atoms with E-state index in [2.05, 4.69) is 19.9 Å². The van der Waals surface area contributed by atoms with Crippen molar-refractivity contribution < 1.29 is 9.84 Å². The topological polar surface area (TPSA) is 29.5 Å². The minimum Gasteiger partial charge on any atom is -0.492 e. The van der Waals surface area contributed by atoms with Gasteiger partial charge in [-0.2, -0.15) is 0 Å². The first kappa shape index (κ1) is 13.0. The van der Waals surface area contributed by atoms with Gasteiger partial charge in [0, 0.05) is 11.0 Å². The third kappa shape index (κ3) is 2.38. The molecule has 1 aliphatic carbocycles. The second-order valence-corrected chi connectivity index (χ2v) is 6.77. The number of benzene rings is 1. The molecule has 1 atom stereocenters. The van der Waals surface area contributed by atoms with Crippen molar-refractivity contribution in [3.8, 4) is 5.75 Å². The summed E-state index contributed by atoms with van der Waals surface area (Å²) in [5.41, 5.74) is 2.39. The van der Waals surface area contributed by atoms with Gasteiger partial charge < -0.3 is 9.84 Å². The Morgan fingerprint density at radius 2 is 1.95 bits per heavy atom. The monoisotopic (exact) mass is 260 g/mol. The molecule has 2 nitrogen and oxygen atoms in total. The van der Waals surface area contributed by atoms with Crippen molar-refractivity contribution >= 4 is 0 Å². The highest BCUT2D eigenvalue weighted by Crippen LogP contribution is 2.41. The molecular formula is C17H24O2.